The van der Waals surface area contributed by atoms with Gasteiger partial charge in [-0.15, -0.1) is 0 Å². The third-order valence-electron chi connectivity index (χ3n) is 4.68. The fraction of sp³-hybridized carbons (Fsp3) is 0.421. The predicted molar refractivity (Wildman–Crippen MR) is 110 cm³/mol. The average molecular weight is 433 g/mol. The number of guanidine groups is 1. The number of aliphatic imine (C=N–C) groups is 1. The van der Waals surface area contributed by atoms with Crippen molar-refractivity contribution in [3.8, 4) is 0 Å². The average Bonchev–Trinajstić information content (AvgIpc) is 3.30. The van der Waals surface area contributed by atoms with Crippen LogP contribution in [0.5, 0.6) is 0 Å². The lowest BCUT2D eigenvalue weighted by molar-refractivity contribution is 0.0954. The number of rotatable bonds is 5. The number of nitrogens with one attached hydrogen (secondary N) is 2. The molecule has 2 aromatic rings. The molecule has 1 aliphatic rings. The highest BCUT2D eigenvalue weighted by atomic mass is 79.9. The number of hydrogen-bond donors (Lipinski definition) is 2. The second-order valence-electron chi connectivity index (χ2n) is 6.62. The lowest BCUT2D eigenvalue weighted by Gasteiger charge is -2.21. The van der Waals surface area contributed by atoms with Crippen molar-refractivity contribution in [1.29, 1.82) is 0 Å². The molecule has 1 aromatic heterocycles. The van der Waals surface area contributed by atoms with Gasteiger partial charge in [-0.25, -0.2) is 0 Å². The maximum Gasteiger partial charge on any atom is 0.251 e. The molecular weight excluding hydrogens is 408 g/mol. The van der Waals surface area contributed by atoms with Crippen LogP contribution in [0, 0.1) is 0 Å². The zero-order valence-electron chi connectivity index (χ0n) is 15.7. The molecule has 7 nitrogen and oxygen atoms in total. The van der Waals surface area contributed by atoms with Gasteiger partial charge in [0.25, 0.3) is 5.91 Å². The molecule has 3 rings (SSSR count). The number of hydrogen-bond acceptors (Lipinski definition) is 3. The van der Waals surface area contributed by atoms with Gasteiger partial charge in [0.1, 0.15) is 0 Å². The Morgan fingerprint density at radius 1 is 1.37 bits per heavy atom. The molecule has 1 saturated heterocycles. The Morgan fingerprint density at radius 3 is 2.89 bits per heavy atom. The largest absolute Gasteiger partial charge is 0.354 e. The highest BCUT2D eigenvalue weighted by Crippen LogP contribution is 2.26. The van der Waals surface area contributed by atoms with Gasteiger partial charge in [0.2, 0.25) is 0 Å². The second kappa shape index (κ2) is 9.03. The van der Waals surface area contributed by atoms with E-state index in [1.807, 2.05) is 36.1 Å². The Bertz CT molecular complexity index is 818. The van der Waals surface area contributed by atoms with E-state index in [0.717, 1.165) is 29.9 Å². The van der Waals surface area contributed by atoms with Crippen LogP contribution in [0.2, 0.25) is 0 Å². The number of nitrogens with zero attached hydrogens (tertiary/aromatic N) is 4. The first-order valence-electron chi connectivity index (χ1n) is 9.04. The first kappa shape index (κ1) is 19.4. The number of aryl methyl sites for hydroxylation is 1. The third-order valence-corrected chi connectivity index (χ3v) is 5.17. The first-order chi connectivity index (χ1) is 13.1. The summed E-state index contributed by atoms with van der Waals surface area (Å²) in [5, 5.41) is 10.5. The minimum Gasteiger partial charge on any atom is -0.354 e. The Hall–Kier alpha value is -2.35. The summed E-state index contributed by atoms with van der Waals surface area (Å²) in [7, 11) is 3.74. The zero-order chi connectivity index (χ0) is 19.2. The fourth-order valence-corrected chi connectivity index (χ4v) is 3.69. The molecule has 0 aliphatic carbocycles. The summed E-state index contributed by atoms with van der Waals surface area (Å²) in [5.41, 5.74) is 1.92. The molecule has 0 spiro atoms. The van der Waals surface area contributed by atoms with Gasteiger partial charge in [-0.2, -0.15) is 5.10 Å². The van der Waals surface area contributed by atoms with Crippen molar-refractivity contribution in [2.24, 2.45) is 12.0 Å². The number of carbonyl (C=O) groups is 1. The molecule has 0 bridgehead atoms. The van der Waals surface area contributed by atoms with Gasteiger partial charge in [-0.3, -0.25) is 14.5 Å². The fourth-order valence-electron chi connectivity index (χ4n) is 3.29. The van der Waals surface area contributed by atoms with Crippen LogP contribution in [0.4, 0.5) is 0 Å². The maximum absolute atomic E-state index is 12.2. The molecule has 1 aliphatic heterocycles. The molecule has 1 unspecified atom stereocenters. The van der Waals surface area contributed by atoms with E-state index in [4.69, 9.17) is 0 Å². The van der Waals surface area contributed by atoms with Crippen LogP contribution >= 0.6 is 15.9 Å². The van der Waals surface area contributed by atoms with Crippen molar-refractivity contribution >= 4 is 27.8 Å². The van der Waals surface area contributed by atoms with E-state index < -0.39 is 0 Å². The van der Waals surface area contributed by atoms with E-state index in [1.54, 1.807) is 13.1 Å². The molecule has 1 atom stereocenters. The molecule has 1 aromatic carbocycles. The summed E-state index contributed by atoms with van der Waals surface area (Å²) in [6, 6.07) is 7.36. The van der Waals surface area contributed by atoms with Crippen LogP contribution in [-0.2, 0) is 7.05 Å². The van der Waals surface area contributed by atoms with Gasteiger partial charge in [-0.1, -0.05) is 22.0 Å². The summed E-state index contributed by atoms with van der Waals surface area (Å²) in [4.78, 5) is 18.8. The smallest absolute Gasteiger partial charge is 0.251 e. The maximum atomic E-state index is 12.2. The highest BCUT2D eigenvalue weighted by molar-refractivity contribution is 9.10. The van der Waals surface area contributed by atoms with Gasteiger partial charge >= 0.3 is 0 Å². The highest BCUT2D eigenvalue weighted by Gasteiger charge is 2.26. The van der Waals surface area contributed by atoms with Crippen molar-refractivity contribution in [2.75, 3.05) is 33.2 Å². The van der Waals surface area contributed by atoms with Crippen molar-refractivity contribution in [1.82, 2.24) is 25.3 Å². The Labute approximate surface area is 168 Å². The van der Waals surface area contributed by atoms with Crippen molar-refractivity contribution < 1.29 is 4.79 Å². The number of carbonyl (C=O) groups excluding carboxylic acids is 1. The second-order valence-corrected chi connectivity index (χ2v) is 7.53. The van der Waals surface area contributed by atoms with Crippen molar-refractivity contribution in [3.05, 3.63) is 52.3 Å². The van der Waals surface area contributed by atoms with Crippen LogP contribution in [0.25, 0.3) is 0 Å². The molecule has 1 fully saturated rings. The predicted octanol–water partition coefficient (Wildman–Crippen LogP) is 1.98. The summed E-state index contributed by atoms with van der Waals surface area (Å²) in [6.45, 7) is 3.05. The van der Waals surface area contributed by atoms with Crippen molar-refractivity contribution in [3.63, 3.8) is 0 Å². The van der Waals surface area contributed by atoms with E-state index in [9.17, 15) is 4.79 Å². The zero-order valence-corrected chi connectivity index (χ0v) is 17.2. The molecular formula is C19H25BrN6O. The number of likely N-dealkylation sites (tertiary alicyclic amines) is 1. The van der Waals surface area contributed by atoms with E-state index in [0.29, 0.717) is 24.6 Å². The van der Waals surface area contributed by atoms with Crippen molar-refractivity contribution in [2.45, 2.75) is 12.3 Å². The molecule has 0 saturated carbocycles. The molecule has 2 heterocycles. The van der Waals surface area contributed by atoms with Crippen LogP contribution in [0.3, 0.4) is 0 Å². The Balaban J connectivity index is 1.44. The first-order valence-corrected chi connectivity index (χ1v) is 9.84. The molecule has 8 heteroatoms. The lowest BCUT2D eigenvalue weighted by atomic mass is 10.0. The normalized spacial score (nSPS) is 17.2. The number of benzene rings is 1. The van der Waals surface area contributed by atoms with Gasteiger partial charge in [0.05, 0.1) is 6.20 Å². The number of halogens is 1. The van der Waals surface area contributed by atoms with Crippen LogP contribution in [-0.4, -0.2) is 59.8 Å². The number of amides is 1. The Morgan fingerprint density at radius 2 is 2.19 bits per heavy atom. The minimum atomic E-state index is -0.0779. The SMILES string of the molecule is CN=C(NCCNC(=O)c1cccc(Br)c1)N1CCC(c2cnn(C)c2)C1. The Kier molecular flexibility index (Phi) is 6.49. The van der Waals surface area contributed by atoms with E-state index in [-0.39, 0.29) is 5.91 Å². The van der Waals surface area contributed by atoms with E-state index in [2.05, 4.69) is 47.8 Å². The van der Waals surface area contributed by atoms with Gasteiger partial charge in [0.15, 0.2) is 5.96 Å². The summed E-state index contributed by atoms with van der Waals surface area (Å²) in [5.74, 6) is 1.28. The van der Waals surface area contributed by atoms with Crippen LogP contribution < -0.4 is 10.6 Å². The van der Waals surface area contributed by atoms with Gasteiger partial charge in [0, 0.05) is 62.4 Å². The summed E-state index contributed by atoms with van der Waals surface area (Å²) in [6.07, 6.45) is 5.12. The summed E-state index contributed by atoms with van der Waals surface area (Å²) >= 11 is 3.38. The van der Waals surface area contributed by atoms with E-state index >= 15 is 0 Å². The standard InChI is InChI=1S/C19H25BrN6O/c1-21-19(26-9-6-15(13-26)16-11-24-25(2)12-16)23-8-7-22-18(27)14-4-3-5-17(20)10-14/h3-5,10-12,15H,6-9,13H2,1-2H3,(H,21,23)(H,22,27). The molecule has 27 heavy (non-hydrogen) atoms. The lowest BCUT2D eigenvalue weighted by Crippen LogP contribution is -2.43. The van der Waals surface area contributed by atoms with Gasteiger partial charge < -0.3 is 15.5 Å². The van der Waals surface area contributed by atoms with E-state index in [1.165, 1.54) is 5.56 Å². The molecule has 144 valence electrons. The number of aromatic nitrogens is 2. The molecule has 0 radical (unpaired) electrons. The molecule has 2 N–H and O–H groups in total. The van der Waals surface area contributed by atoms with Gasteiger partial charge in [-0.05, 0) is 30.2 Å². The van der Waals surface area contributed by atoms with Crippen LogP contribution in [0.15, 0.2) is 46.1 Å². The summed E-state index contributed by atoms with van der Waals surface area (Å²) < 4.78 is 2.74. The topological polar surface area (TPSA) is 74.6 Å². The molecule has 1 amide bonds. The minimum absolute atomic E-state index is 0.0779. The monoisotopic (exact) mass is 432 g/mol. The van der Waals surface area contributed by atoms with Crippen LogP contribution in [0.1, 0.15) is 28.3 Å². The third kappa shape index (κ3) is 5.09. The quantitative estimate of drug-likeness (QED) is 0.430.